The van der Waals surface area contributed by atoms with Gasteiger partial charge in [-0.15, -0.1) is 0 Å². The minimum Gasteiger partial charge on any atom is -0.324 e. The van der Waals surface area contributed by atoms with Gasteiger partial charge in [-0.05, 0) is 36.6 Å². The SMILES string of the molecule is CCCC[C@@H](N)c1cc(C)cc(Cl)c1. The molecule has 0 amide bonds. The zero-order valence-electron chi connectivity index (χ0n) is 8.89. The number of rotatable bonds is 4. The van der Waals surface area contributed by atoms with E-state index >= 15 is 0 Å². The molecule has 14 heavy (non-hydrogen) atoms. The Kier molecular flexibility index (Phi) is 4.43. The Morgan fingerprint density at radius 1 is 1.36 bits per heavy atom. The first kappa shape index (κ1) is 11.5. The van der Waals surface area contributed by atoms with Crippen molar-refractivity contribution in [2.75, 3.05) is 0 Å². The van der Waals surface area contributed by atoms with Gasteiger partial charge in [0, 0.05) is 11.1 Å². The van der Waals surface area contributed by atoms with Crippen LogP contribution in [0.2, 0.25) is 5.02 Å². The van der Waals surface area contributed by atoms with Crippen LogP contribution in [-0.4, -0.2) is 0 Å². The van der Waals surface area contributed by atoms with Gasteiger partial charge in [-0.2, -0.15) is 0 Å². The normalized spacial score (nSPS) is 12.9. The molecule has 0 saturated carbocycles. The third-order valence-corrected chi connectivity index (χ3v) is 2.58. The maximum atomic E-state index is 6.06. The first-order valence-electron chi connectivity index (χ1n) is 5.16. The molecule has 1 rings (SSSR count). The number of nitrogens with two attached hydrogens (primary N) is 1. The van der Waals surface area contributed by atoms with Gasteiger partial charge in [-0.25, -0.2) is 0 Å². The van der Waals surface area contributed by atoms with Crippen LogP contribution in [0, 0.1) is 6.92 Å². The van der Waals surface area contributed by atoms with Crippen LogP contribution in [0.3, 0.4) is 0 Å². The van der Waals surface area contributed by atoms with Crippen LogP contribution >= 0.6 is 11.6 Å². The lowest BCUT2D eigenvalue weighted by molar-refractivity contribution is 0.603. The molecule has 0 aromatic heterocycles. The Hall–Kier alpha value is -0.530. The minimum absolute atomic E-state index is 0.132. The molecule has 2 heteroatoms. The molecule has 1 aromatic carbocycles. The Balaban J connectivity index is 2.73. The second-order valence-electron chi connectivity index (χ2n) is 3.81. The highest BCUT2D eigenvalue weighted by molar-refractivity contribution is 6.30. The number of halogens is 1. The molecule has 0 aliphatic rings. The molecule has 0 unspecified atom stereocenters. The summed E-state index contributed by atoms with van der Waals surface area (Å²) in [5, 5.41) is 0.784. The summed E-state index contributed by atoms with van der Waals surface area (Å²) in [6.45, 7) is 4.22. The standard InChI is InChI=1S/C12H18ClN/c1-3-4-5-12(14)10-6-9(2)7-11(13)8-10/h6-8,12H,3-5,14H2,1-2H3/t12-/m1/s1. The van der Waals surface area contributed by atoms with E-state index < -0.39 is 0 Å². The Labute approximate surface area is 91.3 Å². The van der Waals surface area contributed by atoms with Crippen LogP contribution in [0.4, 0.5) is 0 Å². The molecule has 0 heterocycles. The Morgan fingerprint density at radius 3 is 2.64 bits per heavy atom. The van der Waals surface area contributed by atoms with Crippen molar-refractivity contribution in [3.8, 4) is 0 Å². The average molecular weight is 212 g/mol. The molecule has 0 spiro atoms. The van der Waals surface area contributed by atoms with Gasteiger partial charge in [0.25, 0.3) is 0 Å². The molecule has 0 bridgehead atoms. The summed E-state index contributed by atoms with van der Waals surface area (Å²) in [6, 6.07) is 6.17. The molecule has 0 fully saturated rings. The fourth-order valence-corrected chi connectivity index (χ4v) is 1.87. The fraction of sp³-hybridized carbons (Fsp3) is 0.500. The highest BCUT2D eigenvalue weighted by Crippen LogP contribution is 2.22. The Morgan fingerprint density at radius 2 is 2.07 bits per heavy atom. The molecule has 1 nitrogen and oxygen atoms in total. The van der Waals surface area contributed by atoms with Crippen LogP contribution in [0.15, 0.2) is 18.2 Å². The van der Waals surface area contributed by atoms with Gasteiger partial charge in [-0.3, -0.25) is 0 Å². The minimum atomic E-state index is 0.132. The first-order valence-corrected chi connectivity index (χ1v) is 5.54. The van der Waals surface area contributed by atoms with Crippen LogP contribution < -0.4 is 5.73 Å². The molecule has 0 radical (unpaired) electrons. The van der Waals surface area contributed by atoms with Crippen molar-refractivity contribution >= 4 is 11.6 Å². The molecule has 78 valence electrons. The molecule has 0 saturated heterocycles. The van der Waals surface area contributed by atoms with E-state index in [1.165, 1.54) is 18.4 Å². The summed E-state index contributed by atoms with van der Waals surface area (Å²) < 4.78 is 0. The third-order valence-electron chi connectivity index (χ3n) is 2.36. The molecule has 0 aliphatic heterocycles. The van der Waals surface area contributed by atoms with E-state index in [0.717, 1.165) is 17.0 Å². The van der Waals surface area contributed by atoms with Crippen molar-refractivity contribution in [2.24, 2.45) is 5.73 Å². The van der Waals surface area contributed by atoms with Crippen LogP contribution in [-0.2, 0) is 0 Å². The van der Waals surface area contributed by atoms with Gasteiger partial charge < -0.3 is 5.73 Å². The van der Waals surface area contributed by atoms with Crippen LogP contribution in [0.1, 0.15) is 43.4 Å². The van der Waals surface area contributed by atoms with Crippen molar-refractivity contribution < 1.29 is 0 Å². The number of aryl methyl sites for hydroxylation is 1. The highest BCUT2D eigenvalue weighted by atomic mass is 35.5. The number of benzene rings is 1. The summed E-state index contributed by atoms with van der Waals surface area (Å²) >= 11 is 5.97. The van der Waals surface area contributed by atoms with Gasteiger partial charge in [0.1, 0.15) is 0 Å². The van der Waals surface area contributed by atoms with Gasteiger partial charge >= 0.3 is 0 Å². The lowest BCUT2D eigenvalue weighted by Gasteiger charge is -2.12. The van der Waals surface area contributed by atoms with Crippen molar-refractivity contribution in [3.63, 3.8) is 0 Å². The molecular formula is C12H18ClN. The maximum Gasteiger partial charge on any atom is 0.0411 e. The van der Waals surface area contributed by atoms with E-state index in [1.807, 2.05) is 19.1 Å². The van der Waals surface area contributed by atoms with E-state index in [1.54, 1.807) is 0 Å². The number of hydrogen-bond acceptors (Lipinski definition) is 1. The predicted molar refractivity (Wildman–Crippen MR) is 62.6 cm³/mol. The molecule has 0 aliphatic carbocycles. The van der Waals surface area contributed by atoms with E-state index in [9.17, 15) is 0 Å². The molecule has 2 N–H and O–H groups in total. The quantitative estimate of drug-likeness (QED) is 0.805. The smallest absolute Gasteiger partial charge is 0.0411 e. The fourth-order valence-electron chi connectivity index (χ4n) is 1.57. The van der Waals surface area contributed by atoms with E-state index in [0.29, 0.717) is 0 Å². The van der Waals surface area contributed by atoms with E-state index in [-0.39, 0.29) is 6.04 Å². The van der Waals surface area contributed by atoms with Crippen molar-refractivity contribution in [3.05, 3.63) is 34.3 Å². The van der Waals surface area contributed by atoms with Crippen LogP contribution in [0.25, 0.3) is 0 Å². The molecular weight excluding hydrogens is 194 g/mol. The van der Waals surface area contributed by atoms with E-state index in [2.05, 4.69) is 13.0 Å². The zero-order chi connectivity index (χ0) is 10.6. The molecule has 1 atom stereocenters. The predicted octanol–water partition coefficient (Wildman–Crippen LogP) is 3.84. The first-order chi connectivity index (χ1) is 6.63. The van der Waals surface area contributed by atoms with Gasteiger partial charge in [0.2, 0.25) is 0 Å². The summed E-state index contributed by atoms with van der Waals surface area (Å²) in [4.78, 5) is 0. The lowest BCUT2D eigenvalue weighted by Crippen LogP contribution is -2.10. The summed E-state index contributed by atoms with van der Waals surface area (Å²) in [5.74, 6) is 0. The van der Waals surface area contributed by atoms with Gasteiger partial charge in [0.05, 0.1) is 0 Å². The zero-order valence-corrected chi connectivity index (χ0v) is 9.64. The van der Waals surface area contributed by atoms with Gasteiger partial charge in [-0.1, -0.05) is 37.4 Å². The topological polar surface area (TPSA) is 26.0 Å². The largest absolute Gasteiger partial charge is 0.324 e. The van der Waals surface area contributed by atoms with Crippen molar-refractivity contribution in [1.29, 1.82) is 0 Å². The van der Waals surface area contributed by atoms with Crippen molar-refractivity contribution in [2.45, 2.75) is 39.2 Å². The van der Waals surface area contributed by atoms with Gasteiger partial charge in [0.15, 0.2) is 0 Å². The average Bonchev–Trinajstić information content (AvgIpc) is 2.12. The summed E-state index contributed by atoms with van der Waals surface area (Å²) in [7, 11) is 0. The van der Waals surface area contributed by atoms with Crippen molar-refractivity contribution in [1.82, 2.24) is 0 Å². The summed E-state index contributed by atoms with van der Waals surface area (Å²) in [5.41, 5.74) is 8.40. The number of hydrogen-bond donors (Lipinski definition) is 1. The Bertz CT molecular complexity index is 276. The van der Waals surface area contributed by atoms with Crippen LogP contribution in [0.5, 0.6) is 0 Å². The monoisotopic (exact) mass is 211 g/mol. The maximum absolute atomic E-state index is 6.06. The molecule has 1 aromatic rings. The number of unbranched alkanes of at least 4 members (excludes halogenated alkanes) is 1. The second-order valence-corrected chi connectivity index (χ2v) is 4.25. The second kappa shape index (κ2) is 5.38. The summed E-state index contributed by atoms with van der Waals surface area (Å²) in [6.07, 6.45) is 3.40. The highest BCUT2D eigenvalue weighted by Gasteiger charge is 2.06. The lowest BCUT2D eigenvalue weighted by atomic mass is 10.0. The third kappa shape index (κ3) is 3.32. The van der Waals surface area contributed by atoms with E-state index in [4.69, 9.17) is 17.3 Å².